The molecule has 2 atom stereocenters. The Balaban J connectivity index is 1.54. The van der Waals surface area contributed by atoms with Crippen LogP contribution in [0.15, 0.2) is 41.2 Å². The number of nitriles is 1. The molecule has 0 bridgehead atoms. The lowest BCUT2D eigenvalue weighted by Crippen LogP contribution is -2.20. The fourth-order valence-electron chi connectivity index (χ4n) is 5.22. The average Bonchev–Trinajstić information content (AvgIpc) is 3.36. The summed E-state index contributed by atoms with van der Waals surface area (Å²) in [5.41, 5.74) is 4.20. The lowest BCUT2D eigenvalue weighted by molar-refractivity contribution is 0.0975. The van der Waals surface area contributed by atoms with Crippen LogP contribution in [0.4, 0.5) is 0 Å². The van der Waals surface area contributed by atoms with Crippen LogP contribution in [0.2, 0.25) is 0 Å². The number of H-pyrrole nitrogens is 1. The van der Waals surface area contributed by atoms with E-state index in [2.05, 4.69) is 39.7 Å². The first kappa shape index (κ1) is 22.3. The molecule has 1 aromatic carbocycles. The highest BCUT2D eigenvalue weighted by atomic mass is 32.1. The fourth-order valence-corrected chi connectivity index (χ4v) is 6.49. The normalized spacial score (nSPS) is 15.0. The van der Waals surface area contributed by atoms with Crippen LogP contribution in [-0.2, 0) is 12.8 Å². The number of Topliss-reactive ketones (excluding diaryl/α,β-unsaturated/α-hetero) is 1. The predicted molar refractivity (Wildman–Crippen MR) is 134 cm³/mol. The number of ketones is 1. The molecule has 0 saturated heterocycles. The lowest BCUT2D eigenvalue weighted by atomic mass is 9.96. The summed E-state index contributed by atoms with van der Waals surface area (Å²) in [5, 5.41) is 10.6. The van der Waals surface area contributed by atoms with Gasteiger partial charge in [0.05, 0.1) is 17.5 Å². The summed E-state index contributed by atoms with van der Waals surface area (Å²) in [6, 6.07) is 14.1. The zero-order valence-electron chi connectivity index (χ0n) is 19.5. The van der Waals surface area contributed by atoms with Crippen LogP contribution in [0.3, 0.4) is 0 Å². The Morgan fingerprint density at radius 2 is 1.94 bits per heavy atom. The molecule has 0 radical (unpaired) electrons. The number of aromatic amines is 1. The van der Waals surface area contributed by atoms with E-state index in [4.69, 9.17) is 0 Å². The van der Waals surface area contributed by atoms with Crippen molar-refractivity contribution in [3.05, 3.63) is 85.5 Å². The molecule has 1 N–H and O–H groups in total. The van der Waals surface area contributed by atoms with E-state index in [9.17, 15) is 14.9 Å². The standard InChI is InChI=1S/C27H26N4O2S/c1-15-13-20(17(3)31(15)16(2)18-9-5-4-6-10-18)24(32)21(14-28)25-29-26(33)23-19-11-7-8-12-22(19)34-27(23)30-25/h4-6,9-10,13,16,21H,7-8,11-12H2,1-3H3,(H,29,30,33). The zero-order chi connectivity index (χ0) is 24.0. The molecule has 34 heavy (non-hydrogen) atoms. The molecule has 6 nitrogen and oxygen atoms in total. The quantitative estimate of drug-likeness (QED) is 0.396. The summed E-state index contributed by atoms with van der Waals surface area (Å²) in [6.45, 7) is 5.96. The first-order valence-corrected chi connectivity index (χ1v) is 12.4. The van der Waals surface area contributed by atoms with Gasteiger partial charge in [-0.25, -0.2) is 4.98 Å². The second kappa shape index (κ2) is 8.69. The Hall–Kier alpha value is -3.50. The fraction of sp³-hybridized carbons (Fsp3) is 0.333. The zero-order valence-corrected chi connectivity index (χ0v) is 20.3. The molecular weight excluding hydrogens is 444 g/mol. The van der Waals surface area contributed by atoms with E-state index in [0.29, 0.717) is 15.8 Å². The van der Waals surface area contributed by atoms with Gasteiger partial charge in [0.15, 0.2) is 11.7 Å². The van der Waals surface area contributed by atoms with Crippen LogP contribution in [-0.4, -0.2) is 20.3 Å². The van der Waals surface area contributed by atoms with Crippen molar-refractivity contribution < 1.29 is 4.79 Å². The van der Waals surface area contributed by atoms with Gasteiger partial charge in [-0.15, -0.1) is 11.3 Å². The molecule has 2 unspecified atom stereocenters. The van der Waals surface area contributed by atoms with E-state index < -0.39 is 5.92 Å². The molecule has 3 heterocycles. The van der Waals surface area contributed by atoms with Gasteiger partial charge in [-0.2, -0.15) is 5.26 Å². The number of hydrogen-bond donors (Lipinski definition) is 1. The predicted octanol–water partition coefficient (Wildman–Crippen LogP) is 5.38. The highest BCUT2D eigenvalue weighted by molar-refractivity contribution is 7.18. The molecule has 0 spiro atoms. The molecule has 1 aliphatic carbocycles. The van der Waals surface area contributed by atoms with E-state index >= 15 is 0 Å². The Morgan fingerprint density at radius 3 is 2.68 bits per heavy atom. The minimum atomic E-state index is -1.17. The third kappa shape index (κ3) is 3.59. The number of nitrogens with one attached hydrogen (secondary N) is 1. The summed E-state index contributed by atoms with van der Waals surface area (Å²) < 4.78 is 2.11. The topological polar surface area (TPSA) is 91.5 Å². The molecule has 3 aromatic heterocycles. The number of hydrogen-bond acceptors (Lipinski definition) is 5. The Labute approximate surface area is 201 Å². The monoisotopic (exact) mass is 470 g/mol. The number of carbonyl (C=O) groups is 1. The highest BCUT2D eigenvalue weighted by Crippen LogP contribution is 2.34. The number of fused-ring (bicyclic) bond motifs is 3. The van der Waals surface area contributed by atoms with E-state index in [1.54, 1.807) is 0 Å². The molecule has 172 valence electrons. The molecule has 4 aromatic rings. The van der Waals surface area contributed by atoms with Crippen LogP contribution < -0.4 is 5.56 Å². The van der Waals surface area contributed by atoms with Gasteiger partial charge < -0.3 is 9.55 Å². The third-order valence-corrected chi connectivity index (χ3v) is 8.11. The second-order valence-corrected chi connectivity index (χ2v) is 10.1. The number of rotatable bonds is 5. The minimum absolute atomic E-state index is 0.0370. The van der Waals surface area contributed by atoms with E-state index in [1.807, 2.05) is 38.1 Å². The summed E-state index contributed by atoms with van der Waals surface area (Å²) in [6.07, 6.45) is 4.01. The van der Waals surface area contributed by atoms with Gasteiger partial charge in [-0.3, -0.25) is 9.59 Å². The number of nitrogens with zero attached hydrogens (tertiary/aromatic N) is 3. The van der Waals surface area contributed by atoms with Gasteiger partial charge in [0.25, 0.3) is 5.56 Å². The Morgan fingerprint density at radius 1 is 1.21 bits per heavy atom. The van der Waals surface area contributed by atoms with Gasteiger partial charge in [-0.05, 0) is 63.6 Å². The molecule has 5 rings (SSSR count). The number of aryl methyl sites for hydroxylation is 3. The van der Waals surface area contributed by atoms with Crippen LogP contribution in [0.5, 0.6) is 0 Å². The smallest absolute Gasteiger partial charge is 0.259 e. The molecule has 0 fully saturated rings. The van der Waals surface area contributed by atoms with Gasteiger partial charge in [-0.1, -0.05) is 30.3 Å². The Kier molecular flexibility index (Phi) is 5.70. The van der Waals surface area contributed by atoms with Crippen LogP contribution in [0, 0.1) is 25.2 Å². The van der Waals surface area contributed by atoms with E-state index in [-0.39, 0.29) is 23.2 Å². The first-order valence-electron chi connectivity index (χ1n) is 11.6. The molecule has 0 aliphatic heterocycles. The van der Waals surface area contributed by atoms with Crippen molar-refractivity contribution >= 4 is 27.3 Å². The maximum atomic E-state index is 13.6. The van der Waals surface area contributed by atoms with Crippen molar-refractivity contribution in [2.45, 2.75) is 58.4 Å². The third-order valence-electron chi connectivity index (χ3n) is 6.93. The molecule has 0 amide bonds. The number of carbonyl (C=O) groups excluding carboxylic acids is 1. The van der Waals surface area contributed by atoms with Gasteiger partial charge >= 0.3 is 0 Å². The maximum Gasteiger partial charge on any atom is 0.259 e. The SMILES string of the molecule is Cc1cc(C(=O)C(C#N)c2nc3sc4c(c3c(=O)[nH]2)CCCC4)c(C)n1C(C)c1ccccc1. The average molecular weight is 471 g/mol. The highest BCUT2D eigenvalue weighted by Gasteiger charge is 2.30. The summed E-state index contributed by atoms with van der Waals surface area (Å²) in [4.78, 5) is 35.7. The number of benzene rings is 1. The van der Waals surface area contributed by atoms with Crippen molar-refractivity contribution in [1.29, 1.82) is 5.26 Å². The number of thiophene rings is 1. The summed E-state index contributed by atoms with van der Waals surface area (Å²) in [5.74, 6) is -1.38. The molecule has 7 heteroatoms. The molecular formula is C27H26N4O2S. The summed E-state index contributed by atoms with van der Waals surface area (Å²) in [7, 11) is 0. The van der Waals surface area contributed by atoms with Crippen molar-refractivity contribution in [1.82, 2.24) is 14.5 Å². The first-order chi connectivity index (χ1) is 16.4. The van der Waals surface area contributed by atoms with Crippen molar-refractivity contribution in [3.8, 4) is 6.07 Å². The van der Waals surface area contributed by atoms with E-state index in [1.165, 1.54) is 16.2 Å². The summed E-state index contributed by atoms with van der Waals surface area (Å²) >= 11 is 1.52. The van der Waals surface area contributed by atoms with Crippen LogP contribution in [0.25, 0.3) is 10.2 Å². The van der Waals surface area contributed by atoms with Gasteiger partial charge in [0.1, 0.15) is 10.7 Å². The number of aromatic nitrogens is 3. The largest absolute Gasteiger partial charge is 0.341 e. The van der Waals surface area contributed by atoms with E-state index in [0.717, 1.165) is 48.2 Å². The Bertz CT molecular complexity index is 1500. The van der Waals surface area contributed by atoms with Crippen molar-refractivity contribution in [3.63, 3.8) is 0 Å². The minimum Gasteiger partial charge on any atom is -0.341 e. The molecule has 0 saturated carbocycles. The van der Waals surface area contributed by atoms with Gasteiger partial charge in [0, 0.05) is 21.8 Å². The van der Waals surface area contributed by atoms with Crippen molar-refractivity contribution in [2.75, 3.05) is 0 Å². The maximum absolute atomic E-state index is 13.6. The van der Waals surface area contributed by atoms with Crippen molar-refractivity contribution in [2.24, 2.45) is 0 Å². The second-order valence-electron chi connectivity index (χ2n) is 9.01. The van der Waals surface area contributed by atoms with Crippen LogP contribution >= 0.6 is 11.3 Å². The lowest BCUT2D eigenvalue weighted by Gasteiger charge is -2.19. The molecule has 1 aliphatic rings. The van der Waals surface area contributed by atoms with Crippen LogP contribution in [0.1, 0.15) is 75.3 Å². The van der Waals surface area contributed by atoms with Gasteiger partial charge in [0.2, 0.25) is 0 Å².